The van der Waals surface area contributed by atoms with Crippen molar-refractivity contribution < 1.29 is 9.59 Å². The molecule has 0 aliphatic carbocycles. The minimum Gasteiger partial charge on any atom is -0.342 e. The first kappa shape index (κ1) is 18.3. The largest absolute Gasteiger partial charge is 0.342 e. The maximum Gasteiger partial charge on any atom is 0.225 e. The first-order valence-corrected chi connectivity index (χ1v) is 9.98. The van der Waals surface area contributed by atoms with E-state index in [1.165, 1.54) is 0 Å². The molecule has 7 heteroatoms. The minimum absolute atomic E-state index is 0.0121. The van der Waals surface area contributed by atoms with Crippen LogP contribution in [0.4, 0.5) is 0 Å². The molecule has 0 N–H and O–H groups in total. The second-order valence-corrected chi connectivity index (χ2v) is 8.61. The third-order valence-corrected chi connectivity index (χ3v) is 5.97. The molecule has 6 nitrogen and oxygen atoms in total. The summed E-state index contributed by atoms with van der Waals surface area (Å²) in [5.74, 6) is 0.398. The Kier molecular flexibility index (Phi) is 5.43. The Morgan fingerprint density at radius 3 is 2.72 bits per heavy atom. The second-order valence-electron chi connectivity index (χ2n) is 7.64. The van der Waals surface area contributed by atoms with Gasteiger partial charge in [0, 0.05) is 68.6 Å². The van der Waals surface area contributed by atoms with E-state index in [0.29, 0.717) is 13.0 Å². The SMILES string of the molecule is CCN1C[C@]2(CC1=O)CN(Cc1nccs1)CCN(C(=O)C(C)C)C2. The van der Waals surface area contributed by atoms with Gasteiger partial charge in [0.1, 0.15) is 5.01 Å². The van der Waals surface area contributed by atoms with Crippen molar-refractivity contribution in [1.29, 1.82) is 0 Å². The molecule has 138 valence electrons. The number of nitrogens with zero attached hydrogens (tertiary/aromatic N) is 4. The summed E-state index contributed by atoms with van der Waals surface area (Å²) in [6.45, 7) is 11.3. The maximum atomic E-state index is 12.6. The van der Waals surface area contributed by atoms with E-state index < -0.39 is 0 Å². The molecule has 3 heterocycles. The van der Waals surface area contributed by atoms with Gasteiger partial charge >= 0.3 is 0 Å². The fraction of sp³-hybridized carbons (Fsp3) is 0.722. The molecule has 2 aliphatic heterocycles. The Morgan fingerprint density at radius 1 is 1.32 bits per heavy atom. The number of amides is 2. The third kappa shape index (κ3) is 4.03. The Morgan fingerprint density at radius 2 is 2.12 bits per heavy atom. The van der Waals surface area contributed by atoms with Crippen LogP contribution in [0.1, 0.15) is 32.2 Å². The summed E-state index contributed by atoms with van der Waals surface area (Å²) in [5.41, 5.74) is -0.161. The van der Waals surface area contributed by atoms with Gasteiger partial charge in [-0.05, 0) is 6.92 Å². The fourth-order valence-electron chi connectivity index (χ4n) is 4.04. The number of aromatic nitrogens is 1. The van der Waals surface area contributed by atoms with Crippen LogP contribution >= 0.6 is 11.3 Å². The molecule has 0 bridgehead atoms. The van der Waals surface area contributed by atoms with E-state index >= 15 is 0 Å². The lowest BCUT2D eigenvalue weighted by Crippen LogP contribution is -2.45. The van der Waals surface area contributed by atoms with E-state index in [2.05, 4.69) is 9.88 Å². The van der Waals surface area contributed by atoms with Crippen molar-refractivity contribution in [1.82, 2.24) is 19.7 Å². The van der Waals surface area contributed by atoms with Gasteiger partial charge in [0.2, 0.25) is 11.8 Å². The van der Waals surface area contributed by atoms with Gasteiger partial charge in [-0.2, -0.15) is 0 Å². The lowest BCUT2D eigenvalue weighted by Gasteiger charge is -2.34. The summed E-state index contributed by atoms with van der Waals surface area (Å²) < 4.78 is 0. The van der Waals surface area contributed by atoms with Crippen LogP contribution in [0.3, 0.4) is 0 Å². The van der Waals surface area contributed by atoms with Crippen molar-refractivity contribution in [2.24, 2.45) is 11.3 Å². The molecule has 0 radical (unpaired) electrons. The van der Waals surface area contributed by atoms with Gasteiger partial charge < -0.3 is 9.80 Å². The predicted molar refractivity (Wildman–Crippen MR) is 98.1 cm³/mol. The van der Waals surface area contributed by atoms with Gasteiger partial charge in [-0.15, -0.1) is 11.3 Å². The van der Waals surface area contributed by atoms with Crippen molar-refractivity contribution in [2.75, 3.05) is 39.3 Å². The lowest BCUT2D eigenvalue weighted by molar-refractivity contribution is -0.135. The maximum absolute atomic E-state index is 12.6. The number of carbonyl (C=O) groups is 2. The zero-order valence-corrected chi connectivity index (χ0v) is 16.2. The van der Waals surface area contributed by atoms with Gasteiger partial charge in [0.05, 0.1) is 6.54 Å². The van der Waals surface area contributed by atoms with Gasteiger partial charge in [-0.25, -0.2) is 4.98 Å². The molecule has 1 aromatic rings. The van der Waals surface area contributed by atoms with Crippen LogP contribution in [0, 0.1) is 11.3 Å². The molecule has 2 aliphatic rings. The monoisotopic (exact) mass is 364 g/mol. The Balaban J connectivity index is 1.82. The van der Waals surface area contributed by atoms with Gasteiger partial charge in [0.15, 0.2) is 0 Å². The Hall–Kier alpha value is -1.47. The zero-order valence-electron chi connectivity index (χ0n) is 15.4. The molecule has 0 saturated carbocycles. The second kappa shape index (κ2) is 7.41. The van der Waals surface area contributed by atoms with Crippen LogP contribution in [0.5, 0.6) is 0 Å². The fourth-order valence-corrected chi connectivity index (χ4v) is 4.70. The highest BCUT2D eigenvalue weighted by atomic mass is 32.1. The third-order valence-electron chi connectivity index (χ3n) is 5.21. The summed E-state index contributed by atoms with van der Waals surface area (Å²) in [4.78, 5) is 35.8. The standard InChI is InChI=1S/C18H28N4O2S/c1-4-21-12-18(9-16(21)23)11-20(10-15-19-5-8-25-15)6-7-22(13-18)17(24)14(2)3/h5,8,14H,4,6-7,9-13H2,1-3H3/t18-/m0/s1. The smallest absolute Gasteiger partial charge is 0.225 e. The molecule has 3 rings (SSSR count). The summed E-state index contributed by atoms with van der Waals surface area (Å²) in [5, 5.41) is 3.09. The van der Waals surface area contributed by atoms with Gasteiger partial charge in [-0.1, -0.05) is 13.8 Å². The quantitative estimate of drug-likeness (QED) is 0.816. The highest BCUT2D eigenvalue weighted by molar-refractivity contribution is 7.09. The minimum atomic E-state index is -0.161. The van der Waals surface area contributed by atoms with Crippen LogP contribution in [-0.2, 0) is 16.1 Å². The van der Waals surface area contributed by atoms with Crippen molar-refractivity contribution >= 4 is 23.2 Å². The highest BCUT2D eigenvalue weighted by Gasteiger charge is 2.46. The van der Waals surface area contributed by atoms with E-state index in [4.69, 9.17) is 0 Å². The van der Waals surface area contributed by atoms with Gasteiger partial charge in [0.25, 0.3) is 0 Å². The average molecular weight is 365 g/mol. The van der Waals surface area contributed by atoms with Crippen molar-refractivity contribution in [3.05, 3.63) is 16.6 Å². The molecule has 2 amide bonds. The molecule has 1 spiro atoms. The van der Waals surface area contributed by atoms with Crippen LogP contribution in [0.25, 0.3) is 0 Å². The summed E-state index contributed by atoms with van der Waals surface area (Å²) in [6, 6.07) is 0. The molecule has 2 saturated heterocycles. The molecule has 25 heavy (non-hydrogen) atoms. The summed E-state index contributed by atoms with van der Waals surface area (Å²) in [6.07, 6.45) is 2.37. The van der Waals surface area contributed by atoms with Crippen molar-refractivity contribution in [2.45, 2.75) is 33.7 Å². The molecule has 0 aromatic carbocycles. The number of carbonyl (C=O) groups excluding carboxylic acids is 2. The van der Waals surface area contributed by atoms with E-state index in [1.807, 2.05) is 42.1 Å². The first-order chi connectivity index (χ1) is 11.9. The number of hydrogen-bond donors (Lipinski definition) is 0. The number of hydrogen-bond acceptors (Lipinski definition) is 5. The van der Waals surface area contributed by atoms with E-state index in [0.717, 1.165) is 44.3 Å². The van der Waals surface area contributed by atoms with E-state index in [-0.39, 0.29) is 23.1 Å². The normalized spacial score (nSPS) is 25.2. The number of likely N-dealkylation sites (tertiary alicyclic amines) is 1. The van der Waals surface area contributed by atoms with Crippen LogP contribution in [-0.4, -0.2) is 70.8 Å². The molecule has 1 atom stereocenters. The molecule has 2 fully saturated rings. The average Bonchev–Trinajstić information content (AvgIpc) is 3.13. The predicted octanol–water partition coefficient (Wildman–Crippen LogP) is 1.68. The molecule has 1 aromatic heterocycles. The Bertz CT molecular complexity index is 619. The van der Waals surface area contributed by atoms with Gasteiger partial charge in [-0.3, -0.25) is 14.5 Å². The first-order valence-electron chi connectivity index (χ1n) is 9.10. The van der Waals surface area contributed by atoms with Crippen LogP contribution in [0.15, 0.2) is 11.6 Å². The van der Waals surface area contributed by atoms with E-state index in [9.17, 15) is 9.59 Å². The highest BCUT2D eigenvalue weighted by Crippen LogP contribution is 2.35. The molecular weight excluding hydrogens is 336 g/mol. The molecule has 0 unspecified atom stereocenters. The zero-order chi connectivity index (χ0) is 18.0. The Labute approximate surface area is 153 Å². The van der Waals surface area contributed by atoms with Crippen LogP contribution < -0.4 is 0 Å². The topological polar surface area (TPSA) is 56.8 Å². The number of rotatable bonds is 4. The van der Waals surface area contributed by atoms with Crippen LogP contribution in [0.2, 0.25) is 0 Å². The summed E-state index contributed by atoms with van der Waals surface area (Å²) in [7, 11) is 0. The van der Waals surface area contributed by atoms with Crippen molar-refractivity contribution in [3.8, 4) is 0 Å². The van der Waals surface area contributed by atoms with Crippen molar-refractivity contribution in [3.63, 3.8) is 0 Å². The van der Waals surface area contributed by atoms with E-state index in [1.54, 1.807) is 11.3 Å². The lowest BCUT2D eigenvalue weighted by atomic mass is 9.85. The summed E-state index contributed by atoms with van der Waals surface area (Å²) >= 11 is 1.66. The molecular formula is C18H28N4O2S. The number of thiazole rings is 1.